The number of methoxy groups -OCH3 is 2. The summed E-state index contributed by atoms with van der Waals surface area (Å²) in [4.78, 5) is 14.8. The summed E-state index contributed by atoms with van der Waals surface area (Å²) >= 11 is 5.93. The Balaban J connectivity index is 1.52. The van der Waals surface area contributed by atoms with Gasteiger partial charge in [0.1, 0.15) is 0 Å². The molecule has 4 rings (SSSR count). The maximum absolute atomic E-state index is 13.0. The van der Waals surface area contributed by atoms with Crippen molar-refractivity contribution in [2.45, 2.75) is 17.9 Å². The van der Waals surface area contributed by atoms with Gasteiger partial charge in [-0.15, -0.1) is 0 Å². The van der Waals surface area contributed by atoms with Crippen molar-refractivity contribution in [2.24, 2.45) is 0 Å². The van der Waals surface area contributed by atoms with Crippen LogP contribution in [-0.4, -0.2) is 35.1 Å². The number of fused-ring (bicyclic) bond motifs is 1. The number of hydrogen-bond donors (Lipinski definition) is 1. The van der Waals surface area contributed by atoms with Crippen LogP contribution >= 0.6 is 11.6 Å². The van der Waals surface area contributed by atoms with E-state index in [1.54, 1.807) is 35.2 Å². The van der Waals surface area contributed by atoms with Gasteiger partial charge < -0.3 is 14.4 Å². The molecule has 0 saturated heterocycles. The van der Waals surface area contributed by atoms with Crippen LogP contribution in [0.15, 0.2) is 65.6 Å². The maximum atomic E-state index is 13.0. The first-order chi connectivity index (χ1) is 15.8. The Hall–Kier alpha value is -3.07. The predicted octanol–water partition coefficient (Wildman–Crippen LogP) is 4.04. The number of hydrogen-bond acceptors (Lipinski definition) is 5. The predicted molar refractivity (Wildman–Crippen MR) is 127 cm³/mol. The molecule has 1 amide bonds. The fourth-order valence-electron chi connectivity index (χ4n) is 3.74. The zero-order chi connectivity index (χ0) is 23.6. The lowest BCUT2D eigenvalue weighted by atomic mass is 10.1. The zero-order valence-corrected chi connectivity index (χ0v) is 19.7. The Morgan fingerprint density at radius 3 is 2.42 bits per heavy atom. The Morgan fingerprint density at radius 2 is 1.73 bits per heavy atom. The monoisotopic (exact) mass is 486 g/mol. The molecule has 3 aromatic carbocycles. The normalized spacial score (nSPS) is 13.0. The number of benzene rings is 3. The number of nitrogens with zero attached hydrogens (tertiary/aromatic N) is 1. The second-order valence-corrected chi connectivity index (χ2v) is 9.72. The molecular formula is C24H23ClN2O5S. The Labute approximate surface area is 197 Å². The van der Waals surface area contributed by atoms with E-state index in [2.05, 4.69) is 4.72 Å². The Bertz CT molecular complexity index is 1290. The summed E-state index contributed by atoms with van der Waals surface area (Å²) in [5.74, 6) is 0.656. The molecule has 0 spiro atoms. The summed E-state index contributed by atoms with van der Waals surface area (Å²) in [5.41, 5.74) is 3.13. The van der Waals surface area contributed by atoms with Gasteiger partial charge in [0.25, 0.3) is 5.91 Å². The van der Waals surface area contributed by atoms with Crippen molar-refractivity contribution in [1.29, 1.82) is 0 Å². The first-order valence-corrected chi connectivity index (χ1v) is 12.1. The van der Waals surface area contributed by atoms with E-state index in [9.17, 15) is 13.2 Å². The standard InChI is InChI=1S/C24H23ClN2O5S/c1-31-22-10-9-20(14-23(22)32-2)33(29,30)26-15-16-3-4-17-11-12-27(21(17)13-16)24(28)18-5-7-19(25)8-6-18/h3-10,13-14,26H,11-12,15H2,1-2H3. The minimum atomic E-state index is -3.79. The molecule has 3 aromatic rings. The van der Waals surface area contributed by atoms with Gasteiger partial charge in [0.05, 0.1) is 19.1 Å². The van der Waals surface area contributed by atoms with Crippen molar-refractivity contribution >= 4 is 33.2 Å². The molecule has 0 aromatic heterocycles. The third kappa shape index (κ3) is 4.83. The number of rotatable bonds is 7. The highest BCUT2D eigenvalue weighted by molar-refractivity contribution is 7.89. The molecule has 33 heavy (non-hydrogen) atoms. The molecule has 0 atom stereocenters. The number of anilines is 1. The maximum Gasteiger partial charge on any atom is 0.258 e. The number of amides is 1. The quantitative estimate of drug-likeness (QED) is 0.545. The molecule has 9 heteroatoms. The first-order valence-electron chi connectivity index (χ1n) is 10.2. The Kier molecular flexibility index (Phi) is 6.60. The van der Waals surface area contributed by atoms with Crippen LogP contribution < -0.4 is 19.1 Å². The fraction of sp³-hybridized carbons (Fsp3) is 0.208. The number of carbonyl (C=O) groups excluding carboxylic acids is 1. The van der Waals surface area contributed by atoms with Crippen LogP contribution in [0.1, 0.15) is 21.5 Å². The first kappa shape index (κ1) is 23.1. The number of carbonyl (C=O) groups is 1. The van der Waals surface area contributed by atoms with E-state index in [1.165, 1.54) is 26.4 Å². The van der Waals surface area contributed by atoms with E-state index in [4.69, 9.17) is 21.1 Å². The van der Waals surface area contributed by atoms with E-state index in [-0.39, 0.29) is 17.3 Å². The molecule has 1 aliphatic rings. The molecule has 1 aliphatic heterocycles. The van der Waals surface area contributed by atoms with Crippen LogP contribution in [0.25, 0.3) is 0 Å². The van der Waals surface area contributed by atoms with Crippen LogP contribution in [0.3, 0.4) is 0 Å². The van der Waals surface area contributed by atoms with Gasteiger partial charge in [-0.05, 0) is 60.0 Å². The third-order valence-electron chi connectivity index (χ3n) is 5.51. The molecule has 0 radical (unpaired) electrons. The summed E-state index contributed by atoms with van der Waals surface area (Å²) in [7, 11) is -0.853. The summed E-state index contributed by atoms with van der Waals surface area (Å²) in [6.45, 7) is 0.643. The van der Waals surface area contributed by atoms with E-state index in [1.807, 2.05) is 18.2 Å². The van der Waals surface area contributed by atoms with Gasteiger partial charge in [0.2, 0.25) is 10.0 Å². The number of sulfonamides is 1. The van der Waals surface area contributed by atoms with E-state index < -0.39 is 10.0 Å². The van der Waals surface area contributed by atoms with Crippen LogP contribution in [0, 0.1) is 0 Å². The summed E-state index contributed by atoms with van der Waals surface area (Å²) in [6.07, 6.45) is 0.742. The summed E-state index contributed by atoms with van der Waals surface area (Å²) in [5, 5.41) is 0.567. The molecule has 0 saturated carbocycles. The van der Waals surface area contributed by atoms with E-state index in [0.29, 0.717) is 28.6 Å². The molecule has 1 N–H and O–H groups in total. The molecule has 0 bridgehead atoms. The molecule has 7 nitrogen and oxygen atoms in total. The topological polar surface area (TPSA) is 84.9 Å². The summed E-state index contributed by atoms with van der Waals surface area (Å²) < 4.78 is 38.6. The van der Waals surface area contributed by atoms with Crippen LogP contribution in [0.4, 0.5) is 5.69 Å². The van der Waals surface area contributed by atoms with Crippen molar-refractivity contribution in [2.75, 3.05) is 25.7 Å². The largest absolute Gasteiger partial charge is 0.493 e. The smallest absolute Gasteiger partial charge is 0.258 e. The van der Waals surface area contributed by atoms with Crippen molar-refractivity contribution in [3.63, 3.8) is 0 Å². The van der Waals surface area contributed by atoms with Gasteiger partial charge in [-0.2, -0.15) is 0 Å². The highest BCUT2D eigenvalue weighted by Gasteiger charge is 2.26. The van der Waals surface area contributed by atoms with Crippen LogP contribution in [-0.2, 0) is 23.0 Å². The third-order valence-corrected chi connectivity index (χ3v) is 7.16. The average Bonchev–Trinajstić information content (AvgIpc) is 3.25. The molecule has 0 fully saturated rings. The second-order valence-electron chi connectivity index (χ2n) is 7.52. The Morgan fingerprint density at radius 1 is 1.00 bits per heavy atom. The lowest BCUT2D eigenvalue weighted by Gasteiger charge is -2.18. The summed E-state index contributed by atoms with van der Waals surface area (Å²) in [6, 6.07) is 16.8. The minimum Gasteiger partial charge on any atom is -0.493 e. The molecule has 0 aliphatic carbocycles. The van der Waals surface area contributed by atoms with Crippen molar-refractivity contribution in [1.82, 2.24) is 4.72 Å². The van der Waals surface area contributed by atoms with Crippen LogP contribution in [0.2, 0.25) is 5.02 Å². The number of ether oxygens (including phenoxy) is 2. The van der Waals surface area contributed by atoms with Crippen LogP contribution in [0.5, 0.6) is 11.5 Å². The van der Waals surface area contributed by atoms with Gasteiger partial charge in [-0.3, -0.25) is 4.79 Å². The van der Waals surface area contributed by atoms with Gasteiger partial charge in [-0.1, -0.05) is 23.7 Å². The highest BCUT2D eigenvalue weighted by Crippen LogP contribution is 2.32. The van der Waals surface area contributed by atoms with E-state index in [0.717, 1.165) is 23.2 Å². The van der Waals surface area contributed by atoms with Gasteiger partial charge >= 0.3 is 0 Å². The molecule has 0 unspecified atom stereocenters. The molecular weight excluding hydrogens is 464 g/mol. The van der Waals surface area contributed by atoms with Gasteiger partial charge in [0.15, 0.2) is 11.5 Å². The molecule has 172 valence electrons. The van der Waals surface area contributed by atoms with Crippen molar-refractivity contribution in [3.05, 3.63) is 82.4 Å². The SMILES string of the molecule is COc1ccc(S(=O)(=O)NCc2ccc3c(c2)N(C(=O)c2ccc(Cl)cc2)CC3)cc1OC. The average molecular weight is 487 g/mol. The van der Waals surface area contributed by atoms with E-state index >= 15 is 0 Å². The number of nitrogens with one attached hydrogen (secondary N) is 1. The lowest BCUT2D eigenvalue weighted by Crippen LogP contribution is -2.29. The molecule has 1 heterocycles. The van der Waals surface area contributed by atoms with Crippen molar-refractivity contribution in [3.8, 4) is 11.5 Å². The number of halogens is 1. The second kappa shape index (κ2) is 9.43. The minimum absolute atomic E-state index is 0.0702. The van der Waals surface area contributed by atoms with Gasteiger partial charge in [-0.25, -0.2) is 13.1 Å². The zero-order valence-electron chi connectivity index (χ0n) is 18.2. The lowest BCUT2D eigenvalue weighted by molar-refractivity contribution is 0.0989. The fourth-order valence-corrected chi connectivity index (χ4v) is 4.90. The van der Waals surface area contributed by atoms with Gasteiger partial charge in [0, 0.05) is 35.4 Å². The highest BCUT2D eigenvalue weighted by atomic mass is 35.5. The van der Waals surface area contributed by atoms with Crippen molar-refractivity contribution < 1.29 is 22.7 Å².